The third-order valence-electron chi connectivity index (χ3n) is 7.34. The molecule has 2 amide bonds. The van der Waals surface area contributed by atoms with Crippen molar-refractivity contribution in [3.8, 4) is 5.75 Å². The van der Waals surface area contributed by atoms with Crippen LogP contribution in [0.5, 0.6) is 5.75 Å². The summed E-state index contributed by atoms with van der Waals surface area (Å²) >= 11 is 0. The van der Waals surface area contributed by atoms with Crippen molar-refractivity contribution in [2.45, 2.75) is 45.1 Å². The molecule has 9 nitrogen and oxygen atoms in total. The molecule has 1 fully saturated rings. The van der Waals surface area contributed by atoms with E-state index < -0.39 is 17.8 Å². The Balaban J connectivity index is 1.72. The minimum atomic E-state index is -4.45. The van der Waals surface area contributed by atoms with Crippen LogP contribution in [0.3, 0.4) is 0 Å². The van der Waals surface area contributed by atoms with Crippen molar-refractivity contribution >= 4 is 17.5 Å². The predicted octanol–water partition coefficient (Wildman–Crippen LogP) is 3.26. The van der Waals surface area contributed by atoms with Crippen LogP contribution >= 0.6 is 0 Å². The third-order valence-corrected chi connectivity index (χ3v) is 7.34. The van der Waals surface area contributed by atoms with Crippen LogP contribution in [-0.4, -0.2) is 83.4 Å². The van der Waals surface area contributed by atoms with E-state index in [0.717, 1.165) is 17.2 Å². The summed E-state index contributed by atoms with van der Waals surface area (Å²) in [6.07, 6.45) is -4.37. The van der Waals surface area contributed by atoms with Crippen LogP contribution in [0.15, 0.2) is 36.4 Å². The molecule has 3 rings (SSSR count). The van der Waals surface area contributed by atoms with E-state index in [1.165, 1.54) is 12.1 Å². The Hall–Kier alpha value is -3.35. The average Bonchev–Trinajstić information content (AvgIpc) is 2.95. The van der Waals surface area contributed by atoms with Crippen molar-refractivity contribution in [1.29, 1.82) is 0 Å². The number of halogens is 3. The van der Waals surface area contributed by atoms with Gasteiger partial charge in [0.25, 0.3) is 0 Å². The van der Waals surface area contributed by atoms with E-state index in [0.29, 0.717) is 49.8 Å². The largest absolute Gasteiger partial charge is 0.497 e. The summed E-state index contributed by atoms with van der Waals surface area (Å²) in [5.41, 5.74) is 2.27. The van der Waals surface area contributed by atoms with Crippen molar-refractivity contribution in [3.05, 3.63) is 58.7 Å². The summed E-state index contributed by atoms with van der Waals surface area (Å²) < 4.78 is 50.9. The number of piperazine rings is 1. The number of carbonyl (C=O) groups is 2. The number of hydrogen-bond donors (Lipinski definition) is 3. The number of amides is 2. The van der Waals surface area contributed by atoms with Crippen molar-refractivity contribution in [1.82, 2.24) is 20.9 Å². The summed E-state index contributed by atoms with van der Waals surface area (Å²) in [4.78, 5) is 29.6. The molecule has 1 heterocycles. The molecule has 0 aliphatic carbocycles. The number of alkyl halides is 3. The fourth-order valence-corrected chi connectivity index (χ4v) is 5.12. The molecule has 0 radical (unpaired) electrons. The van der Waals surface area contributed by atoms with Gasteiger partial charge in [-0.25, -0.2) is 0 Å². The first kappa shape index (κ1) is 33.2. The van der Waals surface area contributed by atoms with Crippen LogP contribution in [0.25, 0.3) is 0 Å². The topological polar surface area (TPSA) is 95.2 Å². The molecular formula is C30H42F3N5O4. The van der Waals surface area contributed by atoms with Gasteiger partial charge in [0, 0.05) is 51.6 Å². The van der Waals surface area contributed by atoms with Crippen molar-refractivity contribution in [2.24, 2.45) is 0 Å². The van der Waals surface area contributed by atoms with Gasteiger partial charge in [0.15, 0.2) is 0 Å². The fraction of sp³-hybridized carbons (Fsp3) is 0.533. The number of likely N-dealkylation sites (N-methyl/N-ethyl adjacent to an activating group) is 1. The normalized spacial score (nSPS) is 15.3. The van der Waals surface area contributed by atoms with Crippen LogP contribution in [0, 0.1) is 6.92 Å². The molecule has 2 aromatic rings. The molecule has 0 bridgehead atoms. The highest BCUT2D eigenvalue weighted by Crippen LogP contribution is 2.33. The number of anilines is 1. The lowest BCUT2D eigenvalue weighted by molar-refractivity contribution is -0.137. The highest BCUT2D eigenvalue weighted by Gasteiger charge is 2.32. The quantitative estimate of drug-likeness (QED) is 0.328. The molecule has 2 atom stereocenters. The van der Waals surface area contributed by atoms with E-state index in [4.69, 9.17) is 9.47 Å². The number of hydrogen-bond acceptors (Lipinski definition) is 7. The lowest BCUT2D eigenvalue weighted by Gasteiger charge is -2.38. The summed E-state index contributed by atoms with van der Waals surface area (Å²) in [5.74, 6) is 0.353. The monoisotopic (exact) mass is 593 g/mol. The SMILES string of the molecule is CNCC(=O)NC(CC(=O)N1CCN(c2ccc(C(F)(F)F)cc2CNC(C)COC)CC1)c1ccc(OC)cc1C. The van der Waals surface area contributed by atoms with E-state index in [-0.39, 0.29) is 37.4 Å². The van der Waals surface area contributed by atoms with E-state index in [9.17, 15) is 22.8 Å². The first-order valence-electron chi connectivity index (χ1n) is 14.0. The van der Waals surface area contributed by atoms with Crippen LogP contribution in [0.1, 0.15) is 41.6 Å². The Bertz CT molecular complexity index is 1200. The number of ether oxygens (including phenoxy) is 2. The van der Waals surface area contributed by atoms with Gasteiger partial charge < -0.3 is 35.2 Å². The number of nitrogens with zero attached hydrogens (tertiary/aromatic N) is 2. The van der Waals surface area contributed by atoms with Gasteiger partial charge in [-0.2, -0.15) is 13.2 Å². The van der Waals surface area contributed by atoms with Gasteiger partial charge in [-0.1, -0.05) is 6.07 Å². The Kier molecular flexibility index (Phi) is 12.0. The van der Waals surface area contributed by atoms with E-state index in [1.807, 2.05) is 30.9 Å². The molecule has 1 aliphatic heterocycles. The third kappa shape index (κ3) is 9.07. The second-order valence-electron chi connectivity index (χ2n) is 10.5. The number of aryl methyl sites for hydroxylation is 1. The highest BCUT2D eigenvalue weighted by atomic mass is 19.4. The predicted molar refractivity (Wildman–Crippen MR) is 156 cm³/mol. The lowest BCUT2D eigenvalue weighted by Crippen LogP contribution is -2.50. The number of benzene rings is 2. The van der Waals surface area contributed by atoms with E-state index in [1.54, 1.807) is 32.2 Å². The summed E-state index contributed by atoms with van der Waals surface area (Å²) in [6.45, 7) is 6.37. The molecule has 42 heavy (non-hydrogen) atoms. The average molecular weight is 594 g/mol. The zero-order chi connectivity index (χ0) is 30.9. The molecule has 1 aliphatic rings. The van der Waals surface area contributed by atoms with Crippen LogP contribution in [0.4, 0.5) is 18.9 Å². The zero-order valence-corrected chi connectivity index (χ0v) is 24.9. The number of rotatable bonds is 13. The Morgan fingerprint density at radius 3 is 2.36 bits per heavy atom. The zero-order valence-electron chi connectivity index (χ0n) is 24.9. The molecule has 232 valence electrons. The minimum absolute atomic E-state index is 0.0391. The second-order valence-corrected chi connectivity index (χ2v) is 10.5. The fourth-order valence-electron chi connectivity index (χ4n) is 5.12. The minimum Gasteiger partial charge on any atom is -0.497 e. The Morgan fingerprint density at radius 2 is 1.76 bits per heavy atom. The number of nitrogens with one attached hydrogen (secondary N) is 3. The maximum absolute atomic E-state index is 13.5. The molecular weight excluding hydrogens is 551 g/mol. The van der Waals surface area contributed by atoms with E-state index in [2.05, 4.69) is 16.0 Å². The standard InChI is InChI=1S/C30H42F3N5O4/c1-20-14-24(42-5)7-8-25(20)26(36-28(39)18-34-3)16-29(40)38-12-10-37(11-13-38)27-9-6-23(30(31,32)33)15-22(27)17-35-21(2)19-41-4/h6-9,14-15,21,26,34-35H,10-13,16-19H2,1-5H3,(H,36,39). The van der Waals surface area contributed by atoms with Gasteiger partial charge in [0.05, 0.1) is 38.3 Å². The first-order chi connectivity index (χ1) is 20.0. The Morgan fingerprint density at radius 1 is 1.05 bits per heavy atom. The summed E-state index contributed by atoms with van der Waals surface area (Å²) in [7, 11) is 4.83. The maximum Gasteiger partial charge on any atom is 0.416 e. The molecule has 1 saturated heterocycles. The summed E-state index contributed by atoms with van der Waals surface area (Å²) in [6, 6.07) is 8.76. The van der Waals surface area contributed by atoms with Gasteiger partial charge in [0.1, 0.15) is 5.75 Å². The smallest absolute Gasteiger partial charge is 0.416 e. The van der Waals surface area contributed by atoms with Crippen LogP contribution < -0.4 is 25.6 Å². The molecule has 2 aromatic carbocycles. The van der Waals surface area contributed by atoms with Crippen LogP contribution in [-0.2, 0) is 27.0 Å². The number of carbonyl (C=O) groups excluding carboxylic acids is 2. The van der Waals surface area contributed by atoms with Crippen LogP contribution in [0.2, 0.25) is 0 Å². The van der Waals surface area contributed by atoms with Gasteiger partial charge >= 0.3 is 6.18 Å². The molecule has 0 spiro atoms. The second kappa shape index (κ2) is 15.2. The van der Waals surface area contributed by atoms with Crippen molar-refractivity contribution < 1.29 is 32.2 Å². The lowest BCUT2D eigenvalue weighted by atomic mass is 9.97. The number of methoxy groups -OCH3 is 2. The van der Waals surface area contributed by atoms with E-state index >= 15 is 0 Å². The van der Waals surface area contributed by atoms with Gasteiger partial charge in [-0.05, 0) is 67.9 Å². The highest BCUT2D eigenvalue weighted by molar-refractivity contribution is 5.81. The van der Waals surface area contributed by atoms with Gasteiger partial charge in [-0.3, -0.25) is 9.59 Å². The first-order valence-corrected chi connectivity index (χ1v) is 14.0. The van der Waals surface area contributed by atoms with Gasteiger partial charge in [0.2, 0.25) is 11.8 Å². The Labute approximate surface area is 245 Å². The summed E-state index contributed by atoms with van der Waals surface area (Å²) in [5, 5.41) is 9.02. The van der Waals surface area contributed by atoms with Crippen molar-refractivity contribution in [2.75, 3.05) is 65.5 Å². The molecule has 2 unspecified atom stereocenters. The van der Waals surface area contributed by atoms with Gasteiger partial charge in [-0.15, -0.1) is 0 Å². The molecule has 12 heteroatoms. The van der Waals surface area contributed by atoms with Crippen molar-refractivity contribution in [3.63, 3.8) is 0 Å². The molecule has 0 saturated carbocycles. The molecule has 3 N–H and O–H groups in total. The molecule has 0 aromatic heterocycles. The maximum atomic E-state index is 13.5.